The molecule has 0 unspecified atom stereocenters. The smallest absolute Gasteiger partial charge is 0.191 e. The van der Waals surface area contributed by atoms with Crippen molar-refractivity contribution in [2.24, 2.45) is 5.92 Å². The molecular formula is C22H36O3. The maximum absolute atomic E-state index is 10.9. The van der Waals surface area contributed by atoms with E-state index in [-0.39, 0.29) is 10.8 Å². The Morgan fingerprint density at radius 3 is 1.80 bits per heavy atom. The van der Waals surface area contributed by atoms with Crippen LogP contribution in [0.2, 0.25) is 0 Å². The van der Waals surface area contributed by atoms with Crippen LogP contribution in [-0.2, 0) is 26.1 Å². The van der Waals surface area contributed by atoms with Gasteiger partial charge in [0.2, 0.25) is 0 Å². The highest BCUT2D eigenvalue weighted by Crippen LogP contribution is 2.43. The second-order valence-corrected chi connectivity index (χ2v) is 9.64. The van der Waals surface area contributed by atoms with Crippen LogP contribution < -0.4 is 0 Å². The molecule has 2 rings (SSSR count). The van der Waals surface area contributed by atoms with Crippen molar-refractivity contribution in [3.05, 3.63) is 28.8 Å². The highest BCUT2D eigenvalue weighted by Gasteiger charge is 2.37. The summed E-state index contributed by atoms with van der Waals surface area (Å²) in [5, 5.41) is 10.9. The van der Waals surface area contributed by atoms with E-state index in [1.54, 1.807) is 0 Å². The maximum atomic E-state index is 10.9. The third-order valence-corrected chi connectivity index (χ3v) is 5.14. The topological polar surface area (TPSA) is 38.7 Å². The number of benzene rings is 1. The fourth-order valence-corrected chi connectivity index (χ4v) is 3.43. The lowest BCUT2D eigenvalue weighted by Crippen LogP contribution is -2.40. The van der Waals surface area contributed by atoms with Gasteiger partial charge in [0.25, 0.3) is 0 Å². The molecule has 1 aliphatic heterocycles. The molecule has 0 atom stereocenters. The summed E-state index contributed by atoms with van der Waals surface area (Å²) < 4.78 is 12.4. The van der Waals surface area contributed by atoms with Crippen LogP contribution in [0.25, 0.3) is 0 Å². The number of hydrogen-bond donors (Lipinski definition) is 1. The maximum Gasteiger partial charge on any atom is 0.191 e. The van der Waals surface area contributed by atoms with Crippen LogP contribution >= 0.6 is 0 Å². The summed E-state index contributed by atoms with van der Waals surface area (Å²) in [6.45, 7) is 18.4. The quantitative estimate of drug-likeness (QED) is 0.770. The van der Waals surface area contributed by atoms with E-state index in [0.717, 1.165) is 42.7 Å². The van der Waals surface area contributed by atoms with Crippen LogP contribution in [0.4, 0.5) is 0 Å². The van der Waals surface area contributed by atoms with Crippen LogP contribution in [0.15, 0.2) is 12.1 Å². The van der Waals surface area contributed by atoms with E-state index < -0.39 is 5.79 Å². The summed E-state index contributed by atoms with van der Waals surface area (Å²) in [6.07, 6.45) is 2.28. The fraction of sp³-hybridized carbons (Fsp3) is 0.727. The predicted molar refractivity (Wildman–Crippen MR) is 103 cm³/mol. The predicted octanol–water partition coefficient (Wildman–Crippen LogP) is 5.62. The van der Waals surface area contributed by atoms with Gasteiger partial charge in [-0.15, -0.1) is 0 Å². The molecule has 0 aliphatic carbocycles. The molecule has 1 aromatic carbocycles. The van der Waals surface area contributed by atoms with E-state index in [0.29, 0.717) is 11.7 Å². The first-order valence-corrected chi connectivity index (χ1v) is 9.55. The van der Waals surface area contributed by atoms with Gasteiger partial charge in [0.15, 0.2) is 5.79 Å². The zero-order chi connectivity index (χ0) is 19.0. The minimum Gasteiger partial charge on any atom is -0.507 e. The van der Waals surface area contributed by atoms with Crippen molar-refractivity contribution in [1.29, 1.82) is 0 Å². The van der Waals surface area contributed by atoms with Crippen molar-refractivity contribution < 1.29 is 14.6 Å². The van der Waals surface area contributed by atoms with Gasteiger partial charge in [-0.3, -0.25) is 0 Å². The first kappa shape index (κ1) is 20.3. The van der Waals surface area contributed by atoms with Gasteiger partial charge in [-0.25, -0.2) is 0 Å². The highest BCUT2D eigenvalue weighted by atomic mass is 16.7. The molecule has 0 saturated carbocycles. The first-order chi connectivity index (χ1) is 11.4. The van der Waals surface area contributed by atoms with Crippen molar-refractivity contribution in [1.82, 2.24) is 0 Å². The fourth-order valence-electron chi connectivity index (χ4n) is 3.43. The van der Waals surface area contributed by atoms with Crippen molar-refractivity contribution in [2.45, 2.75) is 84.8 Å². The molecule has 1 aromatic rings. The molecule has 1 aliphatic rings. The first-order valence-electron chi connectivity index (χ1n) is 9.55. The second-order valence-electron chi connectivity index (χ2n) is 9.64. The Balaban J connectivity index is 2.48. The average molecular weight is 349 g/mol. The van der Waals surface area contributed by atoms with E-state index in [1.807, 2.05) is 6.92 Å². The summed E-state index contributed by atoms with van der Waals surface area (Å²) >= 11 is 0. The molecular weight excluding hydrogens is 312 g/mol. The lowest BCUT2D eigenvalue weighted by molar-refractivity contribution is -0.282. The minimum atomic E-state index is -0.752. The van der Waals surface area contributed by atoms with Crippen molar-refractivity contribution in [2.75, 3.05) is 13.2 Å². The molecule has 1 N–H and O–H groups in total. The number of rotatable bonds is 3. The molecule has 0 radical (unpaired) electrons. The number of ether oxygens (including phenoxy) is 2. The standard InChI is InChI=1S/C22H36O3/c1-9-10-15-13-24-22(8,25-14-15)16-11-17(20(2,3)4)19(23)18(12-16)21(5,6)7/h11-12,15,23H,9-10,13-14H2,1-8H3/t15-,22+. The lowest BCUT2D eigenvalue weighted by atomic mass is 9.77. The van der Waals surface area contributed by atoms with Gasteiger partial charge in [-0.2, -0.15) is 0 Å². The summed E-state index contributed by atoms with van der Waals surface area (Å²) in [6, 6.07) is 4.12. The molecule has 1 saturated heterocycles. The summed E-state index contributed by atoms with van der Waals surface area (Å²) in [5.74, 6) is 0.115. The number of phenols is 1. The van der Waals surface area contributed by atoms with Crippen LogP contribution in [0.3, 0.4) is 0 Å². The molecule has 1 heterocycles. The molecule has 1 fully saturated rings. The van der Waals surface area contributed by atoms with Crippen LogP contribution in [0.1, 0.15) is 84.9 Å². The largest absolute Gasteiger partial charge is 0.507 e. The monoisotopic (exact) mass is 348 g/mol. The number of hydrogen-bond acceptors (Lipinski definition) is 3. The zero-order valence-electron chi connectivity index (χ0n) is 17.3. The van der Waals surface area contributed by atoms with Gasteiger partial charge in [0.1, 0.15) is 5.75 Å². The van der Waals surface area contributed by atoms with E-state index in [1.165, 1.54) is 0 Å². The Kier molecular flexibility index (Phi) is 5.61. The zero-order valence-corrected chi connectivity index (χ0v) is 17.3. The summed E-state index contributed by atoms with van der Waals surface area (Å²) in [4.78, 5) is 0. The third kappa shape index (κ3) is 4.38. The highest BCUT2D eigenvalue weighted by molar-refractivity contribution is 5.50. The van der Waals surface area contributed by atoms with Crippen molar-refractivity contribution in [3.8, 4) is 5.75 Å². The summed E-state index contributed by atoms with van der Waals surface area (Å²) in [7, 11) is 0. The lowest BCUT2D eigenvalue weighted by Gasteiger charge is -2.39. The molecule has 3 heteroatoms. The van der Waals surface area contributed by atoms with E-state index in [2.05, 4.69) is 60.6 Å². The molecule has 0 amide bonds. The number of aromatic hydroxyl groups is 1. The Hall–Kier alpha value is -1.06. The molecule has 0 bridgehead atoms. The minimum absolute atomic E-state index is 0.157. The molecule has 0 spiro atoms. The van der Waals surface area contributed by atoms with Gasteiger partial charge in [0.05, 0.1) is 13.2 Å². The normalized spacial score (nSPS) is 25.2. The van der Waals surface area contributed by atoms with Gasteiger partial charge in [-0.05, 0) is 47.4 Å². The van der Waals surface area contributed by atoms with Gasteiger partial charge in [-0.1, -0.05) is 54.9 Å². The molecule has 3 nitrogen and oxygen atoms in total. The van der Waals surface area contributed by atoms with E-state index in [9.17, 15) is 5.11 Å². The van der Waals surface area contributed by atoms with Gasteiger partial charge >= 0.3 is 0 Å². The van der Waals surface area contributed by atoms with Gasteiger partial charge < -0.3 is 14.6 Å². The van der Waals surface area contributed by atoms with E-state index >= 15 is 0 Å². The SMILES string of the molecule is CCC[C@H]1CO[C@@](C)(c2cc(C(C)(C)C)c(O)c(C(C)(C)C)c2)OC1. The van der Waals surface area contributed by atoms with Crippen molar-refractivity contribution >= 4 is 0 Å². The van der Waals surface area contributed by atoms with E-state index in [4.69, 9.17) is 9.47 Å². The Labute approximate surface area is 153 Å². The van der Waals surface area contributed by atoms with Gasteiger partial charge in [0, 0.05) is 11.5 Å². The summed E-state index contributed by atoms with van der Waals surface area (Å²) in [5.41, 5.74) is 2.57. The third-order valence-electron chi connectivity index (χ3n) is 5.14. The molecule has 142 valence electrons. The van der Waals surface area contributed by atoms with Crippen LogP contribution in [0, 0.1) is 5.92 Å². The molecule has 25 heavy (non-hydrogen) atoms. The molecule has 0 aromatic heterocycles. The Morgan fingerprint density at radius 1 is 1.00 bits per heavy atom. The Morgan fingerprint density at radius 2 is 1.44 bits per heavy atom. The second kappa shape index (κ2) is 6.92. The average Bonchev–Trinajstić information content (AvgIpc) is 2.47. The van der Waals surface area contributed by atoms with Crippen molar-refractivity contribution in [3.63, 3.8) is 0 Å². The van der Waals surface area contributed by atoms with Crippen LogP contribution in [0.5, 0.6) is 5.75 Å². The number of phenolic OH excluding ortho intramolecular Hbond substituents is 1. The van der Waals surface area contributed by atoms with Crippen LogP contribution in [-0.4, -0.2) is 18.3 Å². The Bertz CT molecular complexity index is 562.